The maximum absolute atomic E-state index is 12.3. The summed E-state index contributed by atoms with van der Waals surface area (Å²) in [6, 6.07) is 4.53. The third kappa shape index (κ3) is 2.91. The van der Waals surface area contributed by atoms with Crippen LogP contribution in [-0.4, -0.2) is 20.7 Å². The van der Waals surface area contributed by atoms with Crippen LogP contribution in [0.15, 0.2) is 33.8 Å². The Labute approximate surface area is 116 Å². The van der Waals surface area contributed by atoms with E-state index in [1.807, 2.05) is 0 Å². The summed E-state index contributed by atoms with van der Waals surface area (Å²) in [6.45, 7) is 1.77. The molecule has 1 heterocycles. The fourth-order valence-corrected chi connectivity index (χ4v) is 2.80. The van der Waals surface area contributed by atoms with Gasteiger partial charge in [-0.2, -0.15) is 0 Å². The predicted octanol–water partition coefficient (Wildman–Crippen LogP) is 1.05. The van der Waals surface area contributed by atoms with Gasteiger partial charge in [-0.05, 0) is 24.6 Å². The number of anilines is 1. The summed E-state index contributed by atoms with van der Waals surface area (Å²) in [4.78, 5) is -0.0115. The maximum Gasteiger partial charge on any atom is 0.244 e. The molecule has 0 aliphatic carbocycles. The van der Waals surface area contributed by atoms with Crippen molar-refractivity contribution >= 4 is 15.7 Å². The van der Waals surface area contributed by atoms with Crippen LogP contribution in [0.3, 0.4) is 0 Å². The Morgan fingerprint density at radius 3 is 2.80 bits per heavy atom. The molecule has 1 aromatic carbocycles. The van der Waals surface area contributed by atoms with Crippen LogP contribution in [0, 0.1) is 6.92 Å². The molecule has 0 radical (unpaired) electrons. The van der Waals surface area contributed by atoms with E-state index in [0.717, 1.165) is 5.56 Å². The third-order valence-electron chi connectivity index (χ3n) is 2.77. The lowest BCUT2D eigenvalue weighted by atomic mass is 10.2. The number of hydrogen-bond donors (Lipinski definition) is 2. The molecule has 0 saturated heterocycles. The van der Waals surface area contributed by atoms with Crippen LogP contribution in [0.25, 0.3) is 0 Å². The second kappa shape index (κ2) is 5.51. The van der Waals surface area contributed by atoms with Gasteiger partial charge in [-0.3, -0.25) is 0 Å². The molecule has 1 aromatic heterocycles. The Morgan fingerprint density at radius 2 is 2.20 bits per heavy atom. The number of nitrogens with two attached hydrogens (primary N) is 1. The van der Waals surface area contributed by atoms with Crippen LogP contribution in [-0.2, 0) is 16.6 Å². The number of hydrogen-bond acceptors (Lipinski definition) is 6. The van der Waals surface area contributed by atoms with Crippen molar-refractivity contribution in [3.05, 3.63) is 35.7 Å². The van der Waals surface area contributed by atoms with Gasteiger partial charge in [0, 0.05) is 11.8 Å². The lowest BCUT2D eigenvalue weighted by Crippen LogP contribution is -2.23. The van der Waals surface area contributed by atoms with Crippen molar-refractivity contribution in [1.29, 1.82) is 0 Å². The molecule has 0 bridgehead atoms. The molecular formula is C12H15N3O4S. The van der Waals surface area contributed by atoms with Crippen LogP contribution in [0.4, 0.5) is 5.69 Å². The molecule has 108 valence electrons. The Morgan fingerprint density at radius 1 is 1.45 bits per heavy atom. The molecule has 2 rings (SSSR count). The monoisotopic (exact) mass is 297 g/mol. The zero-order chi connectivity index (χ0) is 14.8. The Kier molecular flexibility index (Phi) is 3.96. The topological polar surface area (TPSA) is 107 Å². The molecule has 2 aromatic rings. The summed E-state index contributed by atoms with van der Waals surface area (Å²) in [6.07, 6.45) is 1.44. The minimum atomic E-state index is -3.76. The molecule has 0 fully saturated rings. The lowest BCUT2D eigenvalue weighted by Gasteiger charge is -2.12. The van der Waals surface area contributed by atoms with Gasteiger partial charge >= 0.3 is 0 Å². The average molecular weight is 297 g/mol. The van der Waals surface area contributed by atoms with E-state index in [-0.39, 0.29) is 17.2 Å². The molecule has 3 N–H and O–H groups in total. The number of aromatic nitrogens is 1. The van der Waals surface area contributed by atoms with Crippen LogP contribution in [0.2, 0.25) is 0 Å². The van der Waals surface area contributed by atoms with Crippen molar-refractivity contribution in [1.82, 2.24) is 9.88 Å². The van der Waals surface area contributed by atoms with E-state index in [2.05, 4.69) is 9.88 Å². The fraction of sp³-hybridized carbons (Fsp3) is 0.250. The number of benzene rings is 1. The van der Waals surface area contributed by atoms with Gasteiger partial charge in [0.25, 0.3) is 0 Å². The number of ether oxygens (including phenoxy) is 1. The number of nitrogen functional groups attached to an aromatic ring is 1. The number of rotatable bonds is 5. The van der Waals surface area contributed by atoms with Gasteiger partial charge in [0.05, 0.1) is 19.9 Å². The van der Waals surface area contributed by atoms with Gasteiger partial charge in [-0.15, -0.1) is 0 Å². The van der Waals surface area contributed by atoms with E-state index < -0.39 is 10.0 Å². The van der Waals surface area contributed by atoms with Crippen LogP contribution >= 0.6 is 0 Å². The first-order chi connectivity index (χ1) is 9.44. The van der Waals surface area contributed by atoms with Gasteiger partial charge in [0.2, 0.25) is 10.0 Å². The molecule has 0 aliphatic heterocycles. The average Bonchev–Trinajstić information content (AvgIpc) is 2.92. The number of nitrogens with zero attached hydrogens (tertiary/aromatic N) is 1. The van der Waals surface area contributed by atoms with Crippen molar-refractivity contribution in [2.24, 2.45) is 0 Å². The third-order valence-corrected chi connectivity index (χ3v) is 4.19. The van der Waals surface area contributed by atoms with Gasteiger partial charge in [-0.1, -0.05) is 5.16 Å². The minimum Gasteiger partial charge on any atom is -0.495 e. The molecule has 20 heavy (non-hydrogen) atoms. The van der Waals surface area contributed by atoms with E-state index in [0.29, 0.717) is 11.4 Å². The van der Waals surface area contributed by atoms with Crippen molar-refractivity contribution in [2.45, 2.75) is 18.4 Å². The first-order valence-electron chi connectivity index (χ1n) is 5.77. The molecule has 0 saturated carbocycles. The molecule has 0 spiro atoms. The van der Waals surface area contributed by atoms with Gasteiger partial charge in [0.1, 0.15) is 10.6 Å². The molecule has 0 aliphatic rings. The largest absolute Gasteiger partial charge is 0.495 e. The van der Waals surface area contributed by atoms with Crippen molar-refractivity contribution in [3.63, 3.8) is 0 Å². The second-order valence-electron chi connectivity index (χ2n) is 4.16. The summed E-state index contributed by atoms with van der Waals surface area (Å²) in [5.41, 5.74) is 6.88. The molecule has 0 amide bonds. The van der Waals surface area contributed by atoms with E-state index in [1.54, 1.807) is 19.1 Å². The number of aryl methyl sites for hydroxylation is 1. The SMILES string of the molecule is COc1cc(C)c(N)cc1S(=O)(=O)NCc1ccno1. The summed E-state index contributed by atoms with van der Waals surface area (Å²) in [7, 11) is -2.36. The molecule has 7 nitrogen and oxygen atoms in total. The summed E-state index contributed by atoms with van der Waals surface area (Å²) < 4.78 is 36.9. The van der Waals surface area contributed by atoms with E-state index in [1.165, 1.54) is 19.4 Å². The Hall–Kier alpha value is -2.06. The van der Waals surface area contributed by atoms with E-state index >= 15 is 0 Å². The van der Waals surface area contributed by atoms with Gasteiger partial charge in [0.15, 0.2) is 5.76 Å². The fourth-order valence-electron chi connectivity index (χ4n) is 1.62. The molecular weight excluding hydrogens is 282 g/mol. The van der Waals surface area contributed by atoms with Gasteiger partial charge in [-0.25, -0.2) is 13.1 Å². The van der Waals surface area contributed by atoms with Crippen molar-refractivity contribution < 1.29 is 17.7 Å². The highest BCUT2D eigenvalue weighted by Crippen LogP contribution is 2.28. The summed E-state index contributed by atoms with van der Waals surface area (Å²) >= 11 is 0. The van der Waals surface area contributed by atoms with Gasteiger partial charge < -0.3 is 15.0 Å². The quantitative estimate of drug-likeness (QED) is 0.799. The van der Waals surface area contributed by atoms with Crippen LogP contribution < -0.4 is 15.2 Å². The van der Waals surface area contributed by atoms with Crippen LogP contribution in [0.5, 0.6) is 5.75 Å². The predicted molar refractivity (Wildman–Crippen MR) is 72.7 cm³/mol. The number of sulfonamides is 1. The second-order valence-corrected chi connectivity index (χ2v) is 5.90. The number of nitrogens with one attached hydrogen (secondary N) is 1. The maximum atomic E-state index is 12.3. The molecule has 0 unspecified atom stereocenters. The Balaban J connectivity index is 2.31. The van der Waals surface area contributed by atoms with Crippen LogP contribution in [0.1, 0.15) is 11.3 Å². The highest BCUT2D eigenvalue weighted by atomic mass is 32.2. The first-order valence-corrected chi connectivity index (χ1v) is 7.25. The van der Waals surface area contributed by atoms with Crippen molar-refractivity contribution in [3.8, 4) is 5.75 Å². The zero-order valence-corrected chi connectivity index (χ0v) is 11.9. The molecule has 0 atom stereocenters. The lowest BCUT2D eigenvalue weighted by molar-refractivity contribution is 0.379. The standard InChI is InChI=1S/C12H15N3O4S/c1-8-5-11(18-2)12(6-10(8)13)20(16,17)15-7-9-3-4-14-19-9/h3-6,15H,7,13H2,1-2H3. The zero-order valence-electron chi connectivity index (χ0n) is 11.1. The summed E-state index contributed by atoms with van der Waals surface area (Å²) in [5.74, 6) is 0.648. The van der Waals surface area contributed by atoms with E-state index in [4.69, 9.17) is 15.0 Å². The number of methoxy groups -OCH3 is 1. The van der Waals surface area contributed by atoms with Crippen molar-refractivity contribution in [2.75, 3.05) is 12.8 Å². The van der Waals surface area contributed by atoms with E-state index in [9.17, 15) is 8.42 Å². The summed E-state index contributed by atoms with van der Waals surface area (Å²) in [5, 5.41) is 3.50. The first kappa shape index (κ1) is 14.4. The molecule has 8 heteroatoms. The Bertz CT molecular complexity index is 696. The highest BCUT2D eigenvalue weighted by molar-refractivity contribution is 7.89. The highest BCUT2D eigenvalue weighted by Gasteiger charge is 2.21. The minimum absolute atomic E-state index is 0.000725. The smallest absolute Gasteiger partial charge is 0.244 e. The normalized spacial score (nSPS) is 11.5.